The van der Waals surface area contributed by atoms with E-state index in [0.29, 0.717) is 11.8 Å². The third-order valence-corrected chi connectivity index (χ3v) is 8.50. The molecule has 0 N–H and O–H groups in total. The highest BCUT2D eigenvalue weighted by molar-refractivity contribution is 9.10. The van der Waals surface area contributed by atoms with Crippen LogP contribution in [0.25, 0.3) is 0 Å². The largest absolute Gasteiger partial charge is 0.126 e. The summed E-state index contributed by atoms with van der Waals surface area (Å²) in [6.07, 6.45) is 0. The smallest absolute Gasteiger partial charge is 0.0322 e. The van der Waals surface area contributed by atoms with Gasteiger partial charge in [0.25, 0.3) is 0 Å². The maximum Gasteiger partial charge on any atom is 0.0322 e. The highest BCUT2D eigenvalue weighted by Gasteiger charge is 2.06. The fourth-order valence-electron chi connectivity index (χ4n) is 1.76. The maximum absolute atomic E-state index is 5.75. The summed E-state index contributed by atoms with van der Waals surface area (Å²) in [6.45, 7) is 0. The SMILES string of the molecule is ClCCSc1ccc(Sc2ccc(SCCCl)c(Br)c2)cc1Br. The van der Waals surface area contributed by atoms with E-state index >= 15 is 0 Å². The van der Waals surface area contributed by atoms with E-state index in [9.17, 15) is 0 Å². The lowest BCUT2D eigenvalue weighted by Crippen LogP contribution is -1.84. The lowest BCUT2D eigenvalue weighted by molar-refractivity contribution is 1.28. The zero-order valence-electron chi connectivity index (χ0n) is 12.0. The molecule has 0 saturated carbocycles. The molecule has 0 nitrogen and oxygen atoms in total. The molecule has 23 heavy (non-hydrogen) atoms. The van der Waals surface area contributed by atoms with Crippen LogP contribution in [0, 0.1) is 0 Å². The molecule has 2 aromatic rings. The first kappa shape index (κ1) is 20.3. The molecule has 0 aliphatic carbocycles. The fraction of sp³-hybridized carbons (Fsp3) is 0.250. The number of benzene rings is 2. The van der Waals surface area contributed by atoms with E-state index < -0.39 is 0 Å². The Bertz CT molecular complexity index is 598. The van der Waals surface area contributed by atoms with E-state index in [1.54, 1.807) is 35.3 Å². The quantitative estimate of drug-likeness (QED) is 0.249. The van der Waals surface area contributed by atoms with Crippen molar-refractivity contribution in [3.63, 3.8) is 0 Å². The normalized spacial score (nSPS) is 11.0. The summed E-state index contributed by atoms with van der Waals surface area (Å²) in [5.41, 5.74) is 0. The van der Waals surface area contributed by atoms with Gasteiger partial charge in [-0.25, -0.2) is 0 Å². The van der Waals surface area contributed by atoms with Gasteiger partial charge >= 0.3 is 0 Å². The lowest BCUT2D eigenvalue weighted by Gasteiger charge is -2.08. The number of hydrogen-bond acceptors (Lipinski definition) is 3. The van der Waals surface area contributed by atoms with Gasteiger partial charge in [0.05, 0.1) is 0 Å². The molecule has 0 bridgehead atoms. The van der Waals surface area contributed by atoms with Gasteiger partial charge in [-0.05, 0) is 68.3 Å². The van der Waals surface area contributed by atoms with Gasteiger partial charge in [-0.1, -0.05) is 11.8 Å². The van der Waals surface area contributed by atoms with Gasteiger partial charge in [0.15, 0.2) is 0 Å². The van der Waals surface area contributed by atoms with Gasteiger partial charge in [-0.3, -0.25) is 0 Å². The minimum atomic E-state index is 0.662. The van der Waals surface area contributed by atoms with Crippen molar-refractivity contribution in [1.82, 2.24) is 0 Å². The van der Waals surface area contributed by atoms with Crippen molar-refractivity contribution >= 4 is 90.3 Å². The molecular weight excluding hydrogens is 519 g/mol. The first-order valence-corrected chi connectivity index (χ1v) is 12.2. The predicted molar refractivity (Wildman–Crippen MR) is 115 cm³/mol. The first-order chi connectivity index (χ1) is 11.1. The van der Waals surface area contributed by atoms with Crippen molar-refractivity contribution < 1.29 is 0 Å². The standard InChI is InChI=1S/C16H14Br2Cl2S3/c17-13-9-11(1-3-15(13)21-7-5-19)23-12-2-4-16(14(18)10-12)22-8-6-20/h1-4,9-10H,5-8H2. The van der Waals surface area contributed by atoms with E-state index in [2.05, 4.69) is 68.3 Å². The summed E-state index contributed by atoms with van der Waals surface area (Å²) in [5, 5.41) is 0. The van der Waals surface area contributed by atoms with E-state index in [-0.39, 0.29) is 0 Å². The molecule has 0 aliphatic heterocycles. The molecule has 0 aliphatic rings. The Morgan fingerprint density at radius 3 is 1.52 bits per heavy atom. The van der Waals surface area contributed by atoms with Crippen LogP contribution in [0.1, 0.15) is 0 Å². The number of hydrogen-bond donors (Lipinski definition) is 0. The van der Waals surface area contributed by atoms with Gasteiger partial charge in [-0.2, -0.15) is 0 Å². The van der Waals surface area contributed by atoms with Crippen molar-refractivity contribution in [3.8, 4) is 0 Å². The Hall–Kier alpha value is 1.03. The minimum absolute atomic E-state index is 0.662. The van der Waals surface area contributed by atoms with Crippen molar-refractivity contribution in [3.05, 3.63) is 45.3 Å². The number of rotatable bonds is 8. The molecule has 0 atom stereocenters. The van der Waals surface area contributed by atoms with Crippen molar-refractivity contribution in [2.24, 2.45) is 0 Å². The minimum Gasteiger partial charge on any atom is -0.126 e. The van der Waals surface area contributed by atoms with E-state index in [1.807, 2.05) is 0 Å². The third kappa shape index (κ3) is 6.69. The molecule has 7 heteroatoms. The molecule has 0 unspecified atom stereocenters. The molecule has 0 radical (unpaired) electrons. The molecule has 0 amide bonds. The second kappa shape index (κ2) is 10.9. The van der Waals surface area contributed by atoms with Gasteiger partial charge in [0.1, 0.15) is 0 Å². The highest BCUT2D eigenvalue weighted by Crippen LogP contribution is 2.37. The second-order valence-corrected chi connectivity index (χ2v) is 10.2. The number of alkyl halides is 2. The summed E-state index contributed by atoms with van der Waals surface area (Å²) in [5.74, 6) is 3.16. The zero-order valence-corrected chi connectivity index (χ0v) is 19.2. The van der Waals surface area contributed by atoms with Gasteiger partial charge in [-0.15, -0.1) is 46.7 Å². The fourth-order valence-corrected chi connectivity index (χ4v) is 6.18. The van der Waals surface area contributed by atoms with Gasteiger partial charge in [0, 0.05) is 51.8 Å². The molecule has 0 spiro atoms. The monoisotopic (exact) mass is 530 g/mol. The maximum atomic E-state index is 5.75. The second-order valence-electron chi connectivity index (χ2n) is 4.36. The van der Waals surface area contributed by atoms with Crippen LogP contribution in [0.4, 0.5) is 0 Å². The Kier molecular flexibility index (Phi) is 9.64. The zero-order chi connectivity index (χ0) is 16.7. The average molecular weight is 533 g/mol. The molecule has 0 heterocycles. The molecule has 0 fully saturated rings. The Morgan fingerprint density at radius 2 is 1.17 bits per heavy atom. The van der Waals surface area contributed by atoms with Crippen LogP contribution in [0.3, 0.4) is 0 Å². The Morgan fingerprint density at radius 1 is 0.739 bits per heavy atom. The van der Waals surface area contributed by atoms with Crippen LogP contribution in [0.15, 0.2) is 64.9 Å². The molecule has 124 valence electrons. The first-order valence-electron chi connectivity index (χ1n) is 6.78. The van der Waals surface area contributed by atoms with Crippen LogP contribution in [-0.2, 0) is 0 Å². The summed E-state index contributed by atoms with van der Waals surface area (Å²) in [6, 6.07) is 12.9. The van der Waals surface area contributed by atoms with Crippen LogP contribution < -0.4 is 0 Å². The molecular formula is C16H14Br2Cl2S3. The Balaban J connectivity index is 2.07. The van der Waals surface area contributed by atoms with Crippen LogP contribution in [0.5, 0.6) is 0 Å². The molecule has 0 aromatic heterocycles. The van der Waals surface area contributed by atoms with E-state index in [1.165, 1.54) is 19.6 Å². The van der Waals surface area contributed by atoms with Crippen molar-refractivity contribution in [2.75, 3.05) is 23.3 Å². The van der Waals surface area contributed by atoms with E-state index in [4.69, 9.17) is 23.2 Å². The number of halogens is 4. The Labute approximate surface area is 177 Å². The van der Waals surface area contributed by atoms with E-state index in [0.717, 1.165) is 20.5 Å². The van der Waals surface area contributed by atoms with Crippen LogP contribution >= 0.6 is 90.3 Å². The predicted octanol–water partition coefficient (Wildman–Crippen LogP) is 8.02. The van der Waals surface area contributed by atoms with Gasteiger partial charge < -0.3 is 0 Å². The average Bonchev–Trinajstić information content (AvgIpc) is 2.53. The molecule has 0 saturated heterocycles. The number of thioether (sulfide) groups is 2. The van der Waals surface area contributed by atoms with Gasteiger partial charge in [0.2, 0.25) is 0 Å². The van der Waals surface area contributed by atoms with Crippen LogP contribution in [-0.4, -0.2) is 23.3 Å². The third-order valence-electron chi connectivity index (χ3n) is 2.71. The lowest BCUT2D eigenvalue weighted by atomic mass is 10.4. The summed E-state index contributed by atoms with van der Waals surface area (Å²) < 4.78 is 2.23. The summed E-state index contributed by atoms with van der Waals surface area (Å²) >= 11 is 24.1. The molecule has 2 aromatic carbocycles. The van der Waals surface area contributed by atoms with Crippen molar-refractivity contribution in [1.29, 1.82) is 0 Å². The van der Waals surface area contributed by atoms with Crippen molar-refractivity contribution in [2.45, 2.75) is 19.6 Å². The highest BCUT2D eigenvalue weighted by atomic mass is 79.9. The summed E-state index contributed by atoms with van der Waals surface area (Å²) in [4.78, 5) is 4.87. The topological polar surface area (TPSA) is 0 Å². The molecule has 2 rings (SSSR count). The summed E-state index contributed by atoms with van der Waals surface area (Å²) in [7, 11) is 0. The van der Waals surface area contributed by atoms with Crippen LogP contribution in [0.2, 0.25) is 0 Å².